The van der Waals surface area contributed by atoms with Crippen LogP contribution >= 0.6 is 0 Å². The first kappa shape index (κ1) is 13.5. The third kappa shape index (κ3) is 2.76. The van der Waals surface area contributed by atoms with Crippen molar-refractivity contribution in [3.63, 3.8) is 0 Å². The second-order valence-electron chi connectivity index (χ2n) is 4.44. The Balaban J connectivity index is 2.18. The monoisotopic (exact) mass is 261 g/mol. The normalized spacial score (nSPS) is 10.7. The maximum Gasteiger partial charge on any atom is 0.132 e. The van der Waals surface area contributed by atoms with Gasteiger partial charge in [-0.1, -0.05) is 17.3 Å². The number of aromatic nitrogens is 3. The van der Waals surface area contributed by atoms with E-state index in [2.05, 4.69) is 23.3 Å². The van der Waals surface area contributed by atoms with E-state index in [9.17, 15) is 5.11 Å². The number of aliphatic hydroxyl groups excluding tert-OH is 1. The molecule has 0 spiro atoms. The number of aliphatic hydroxyl groups is 1. The van der Waals surface area contributed by atoms with Gasteiger partial charge in [-0.2, -0.15) is 0 Å². The SMILES string of the molecule is CCn1nnc(CO)c1COc1cccc(C)c1C. The molecule has 0 radical (unpaired) electrons. The molecule has 0 unspecified atom stereocenters. The van der Waals surface area contributed by atoms with Crippen molar-refractivity contribution < 1.29 is 9.84 Å². The Morgan fingerprint density at radius 3 is 2.79 bits per heavy atom. The molecule has 5 heteroatoms. The van der Waals surface area contributed by atoms with Crippen molar-refractivity contribution in [1.82, 2.24) is 15.0 Å². The quantitative estimate of drug-likeness (QED) is 0.894. The third-order valence-electron chi connectivity index (χ3n) is 3.29. The molecule has 1 N–H and O–H groups in total. The van der Waals surface area contributed by atoms with E-state index in [4.69, 9.17) is 4.74 Å². The van der Waals surface area contributed by atoms with Crippen molar-refractivity contribution in [3.8, 4) is 5.75 Å². The molecule has 0 saturated heterocycles. The highest BCUT2D eigenvalue weighted by Gasteiger charge is 2.12. The van der Waals surface area contributed by atoms with E-state index in [0.29, 0.717) is 18.8 Å². The molecule has 0 bridgehead atoms. The van der Waals surface area contributed by atoms with Gasteiger partial charge >= 0.3 is 0 Å². The molecule has 2 rings (SSSR count). The molecular weight excluding hydrogens is 242 g/mol. The maximum atomic E-state index is 9.25. The lowest BCUT2D eigenvalue weighted by Crippen LogP contribution is -2.08. The summed E-state index contributed by atoms with van der Waals surface area (Å²) in [6.07, 6.45) is 0. The number of rotatable bonds is 5. The highest BCUT2D eigenvalue weighted by Crippen LogP contribution is 2.22. The summed E-state index contributed by atoms with van der Waals surface area (Å²) in [5.74, 6) is 0.854. The lowest BCUT2D eigenvalue weighted by molar-refractivity contribution is 0.261. The van der Waals surface area contributed by atoms with E-state index in [1.165, 1.54) is 5.56 Å². The Morgan fingerprint density at radius 1 is 1.32 bits per heavy atom. The molecule has 102 valence electrons. The lowest BCUT2D eigenvalue weighted by atomic mass is 10.1. The number of nitrogens with zero attached hydrogens (tertiary/aromatic N) is 3. The van der Waals surface area contributed by atoms with Crippen LogP contribution in [0.25, 0.3) is 0 Å². The van der Waals surface area contributed by atoms with Crippen molar-refractivity contribution >= 4 is 0 Å². The van der Waals surface area contributed by atoms with E-state index in [0.717, 1.165) is 17.0 Å². The van der Waals surface area contributed by atoms with Crippen LogP contribution in [0.1, 0.15) is 29.4 Å². The summed E-state index contributed by atoms with van der Waals surface area (Å²) in [5, 5.41) is 17.2. The van der Waals surface area contributed by atoms with Gasteiger partial charge in [-0.15, -0.1) is 5.10 Å². The third-order valence-corrected chi connectivity index (χ3v) is 3.29. The molecule has 0 aliphatic heterocycles. The number of hydrogen-bond acceptors (Lipinski definition) is 4. The van der Waals surface area contributed by atoms with E-state index in [1.54, 1.807) is 4.68 Å². The van der Waals surface area contributed by atoms with Gasteiger partial charge in [0, 0.05) is 6.54 Å². The average molecular weight is 261 g/mol. The second kappa shape index (κ2) is 5.84. The summed E-state index contributed by atoms with van der Waals surface area (Å²) >= 11 is 0. The fourth-order valence-electron chi connectivity index (χ4n) is 1.93. The van der Waals surface area contributed by atoms with E-state index in [1.807, 2.05) is 26.0 Å². The molecule has 0 atom stereocenters. The van der Waals surface area contributed by atoms with E-state index in [-0.39, 0.29) is 6.61 Å². The Labute approximate surface area is 112 Å². The zero-order chi connectivity index (χ0) is 13.8. The van der Waals surface area contributed by atoms with Gasteiger partial charge in [0.05, 0.1) is 6.61 Å². The summed E-state index contributed by atoms with van der Waals surface area (Å²) < 4.78 is 7.58. The molecule has 19 heavy (non-hydrogen) atoms. The fraction of sp³-hybridized carbons (Fsp3) is 0.429. The zero-order valence-corrected chi connectivity index (χ0v) is 11.6. The van der Waals surface area contributed by atoms with Gasteiger partial charge in [0.1, 0.15) is 23.7 Å². The molecule has 5 nitrogen and oxygen atoms in total. The Hall–Kier alpha value is -1.88. The van der Waals surface area contributed by atoms with Gasteiger partial charge in [-0.05, 0) is 38.0 Å². The maximum absolute atomic E-state index is 9.25. The average Bonchev–Trinajstić information content (AvgIpc) is 2.82. The zero-order valence-electron chi connectivity index (χ0n) is 11.6. The molecule has 0 fully saturated rings. The van der Waals surface area contributed by atoms with Crippen LogP contribution in [0.15, 0.2) is 18.2 Å². The first-order valence-electron chi connectivity index (χ1n) is 6.38. The highest BCUT2D eigenvalue weighted by atomic mass is 16.5. The van der Waals surface area contributed by atoms with Gasteiger partial charge in [0.15, 0.2) is 0 Å². The Bertz CT molecular complexity index is 542. The lowest BCUT2D eigenvalue weighted by Gasteiger charge is -2.11. The van der Waals surface area contributed by atoms with Crippen LogP contribution in [-0.4, -0.2) is 20.1 Å². The van der Waals surface area contributed by atoms with Gasteiger partial charge in [0.2, 0.25) is 0 Å². The van der Waals surface area contributed by atoms with Crippen molar-refractivity contribution in [2.75, 3.05) is 0 Å². The van der Waals surface area contributed by atoms with Crippen molar-refractivity contribution in [3.05, 3.63) is 40.7 Å². The molecule has 1 aromatic heterocycles. The Kier molecular flexibility index (Phi) is 4.16. The van der Waals surface area contributed by atoms with Crippen LogP contribution in [0.4, 0.5) is 0 Å². The van der Waals surface area contributed by atoms with Crippen molar-refractivity contribution in [2.45, 2.75) is 40.5 Å². The molecule has 1 aromatic carbocycles. The van der Waals surface area contributed by atoms with E-state index >= 15 is 0 Å². The van der Waals surface area contributed by atoms with Crippen LogP contribution in [0.3, 0.4) is 0 Å². The second-order valence-corrected chi connectivity index (χ2v) is 4.44. The van der Waals surface area contributed by atoms with Crippen LogP contribution in [0.5, 0.6) is 5.75 Å². The molecule has 0 saturated carbocycles. The fourth-order valence-corrected chi connectivity index (χ4v) is 1.93. The molecule has 0 aliphatic carbocycles. The molecule has 1 heterocycles. The number of benzene rings is 1. The number of aryl methyl sites for hydroxylation is 2. The minimum atomic E-state index is -0.120. The van der Waals surface area contributed by atoms with Gasteiger partial charge in [-0.25, -0.2) is 4.68 Å². The first-order valence-corrected chi connectivity index (χ1v) is 6.38. The smallest absolute Gasteiger partial charge is 0.132 e. The molecular formula is C14H19N3O2. The number of ether oxygens (including phenoxy) is 1. The van der Waals surface area contributed by atoms with Crippen molar-refractivity contribution in [2.24, 2.45) is 0 Å². The largest absolute Gasteiger partial charge is 0.487 e. The minimum Gasteiger partial charge on any atom is -0.487 e. The predicted octanol–water partition coefficient (Wildman–Crippen LogP) is 1.99. The van der Waals surface area contributed by atoms with Crippen LogP contribution in [0.2, 0.25) is 0 Å². The topological polar surface area (TPSA) is 60.2 Å². The standard InChI is InChI=1S/C14H19N3O2/c1-4-17-13(12(8-18)15-16-17)9-19-14-7-5-6-10(2)11(14)3/h5-7,18H,4,8-9H2,1-3H3. The van der Waals surface area contributed by atoms with Crippen molar-refractivity contribution in [1.29, 1.82) is 0 Å². The summed E-state index contributed by atoms with van der Waals surface area (Å²) in [6, 6.07) is 5.97. The summed E-state index contributed by atoms with van der Waals surface area (Å²) in [5.41, 5.74) is 3.73. The Morgan fingerprint density at radius 2 is 2.11 bits per heavy atom. The summed E-state index contributed by atoms with van der Waals surface area (Å²) in [4.78, 5) is 0. The van der Waals surface area contributed by atoms with Gasteiger partial charge in [-0.3, -0.25) is 0 Å². The van der Waals surface area contributed by atoms with Gasteiger partial charge in [0.25, 0.3) is 0 Å². The molecule has 0 aliphatic rings. The molecule has 0 amide bonds. The van der Waals surface area contributed by atoms with Crippen LogP contribution in [0, 0.1) is 13.8 Å². The first-order chi connectivity index (χ1) is 9.17. The van der Waals surface area contributed by atoms with Crippen LogP contribution in [-0.2, 0) is 19.8 Å². The van der Waals surface area contributed by atoms with Gasteiger partial charge < -0.3 is 9.84 Å². The van der Waals surface area contributed by atoms with Crippen LogP contribution < -0.4 is 4.74 Å². The minimum absolute atomic E-state index is 0.120. The predicted molar refractivity (Wildman–Crippen MR) is 71.9 cm³/mol. The summed E-state index contributed by atoms with van der Waals surface area (Å²) in [7, 11) is 0. The highest BCUT2D eigenvalue weighted by molar-refractivity contribution is 5.38. The number of hydrogen-bond donors (Lipinski definition) is 1. The van der Waals surface area contributed by atoms with E-state index < -0.39 is 0 Å². The summed E-state index contributed by atoms with van der Waals surface area (Å²) in [6.45, 7) is 7.02. The molecule has 2 aromatic rings.